The molecule has 0 saturated carbocycles. The van der Waals surface area contributed by atoms with E-state index in [1.54, 1.807) is 0 Å². The molecule has 1 unspecified atom stereocenters. The Morgan fingerprint density at radius 3 is 1.62 bits per heavy atom. The number of benzene rings is 2. The molecule has 3 heteroatoms. The maximum Gasteiger partial charge on any atom is 0.506 e. The monoisotopic (exact) mass is 396 g/mol. The number of ether oxygens (including phenoxy) is 1. The first-order valence-electron chi connectivity index (χ1n) is 10.3. The number of rotatable bonds is 3. The van der Waals surface area contributed by atoms with Crippen LogP contribution in [0.25, 0.3) is 0 Å². The van der Waals surface area contributed by atoms with Crippen molar-refractivity contribution in [2.45, 2.75) is 84.7 Å². The zero-order chi connectivity index (χ0) is 22.2. The van der Waals surface area contributed by atoms with Crippen LogP contribution in [0.1, 0.15) is 96.2 Å². The van der Waals surface area contributed by atoms with Crippen molar-refractivity contribution in [3.8, 4) is 0 Å². The molecule has 0 aliphatic rings. The molecular formula is C26H36O3. The van der Waals surface area contributed by atoms with E-state index in [2.05, 4.69) is 74.4 Å². The second-order valence-electron chi connectivity index (χ2n) is 10.9. The van der Waals surface area contributed by atoms with Crippen molar-refractivity contribution in [2.75, 3.05) is 0 Å². The highest BCUT2D eigenvalue weighted by molar-refractivity contribution is 5.59. The van der Waals surface area contributed by atoms with E-state index in [0.29, 0.717) is 0 Å². The van der Waals surface area contributed by atoms with Crippen LogP contribution in [-0.2, 0) is 21.0 Å². The van der Waals surface area contributed by atoms with Gasteiger partial charge in [-0.05, 0) is 38.5 Å². The topological polar surface area (TPSA) is 46.5 Å². The molecule has 2 rings (SSSR count). The highest BCUT2D eigenvalue weighted by Gasteiger charge is 2.33. The summed E-state index contributed by atoms with van der Waals surface area (Å²) in [6, 6.07) is 14.1. The first-order valence-corrected chi connectivity index (χ1v) is 10.3. The Hall–Kier alpha value is -2.29. The summed E-state index contributed by atoms with van der Waals surface area (Å²) in [5.74, 6) is 0. The summed E-state index contributed by atoms with van der Waals surface area (Å²) in [6.07, 6.45) is -1.94. The van der Waals surface area contributed by atoms with E-state index in [1.807, 2.05) is 30.3 Å². The zero-order valence-electron chi connectivity index (χ0n) is 19.4. The minimum absolute atomic E-state index is 0.0307. The highest BCUT2D eigenvalue weighted by Crippen LogP contribution is 2.42. The number of carboxylic acid groups (broad SMARTS) is 1. The lowest BCUT2D eigenvalue weighted by atomic mass is 9.70. The maximum atomic E-state index is 11.6. The summed E-state index contributed by atoms with van der Waals surface area (Å²) in [4.78, 5) is 11.6. The zero-order valence-corrected chi connectivity index (χ0v) is 19.4. The summed E-state index contributed by atoms with van der Waals surface area (Å²) in [5.41, 5.74) is 5.11. The van der Waals surface area contributed by atoms with Crippen LogP contribution in [-0.4, -0.2) is 11.3 Å². The second-order valence-corrected chi connectivity index (χ2v) is 10.9. The van der Waals surface area contributed by atoms with Crippen molar-refractivity contribution in [1.82, 2.24) is 0 Å². The first-order chi connectivity index (χ1) is 13.1. The standard InChI is InChI=1S/C26H36O3/c1-24(2,3)19-16-21(26(7,8)9)20(25(4,5)6)15-18(19)22(29-23(27)28)17-13-11-10-12-14-17/h10-16,22H,1-9H3,(H,27,28). The van der Waals surface area contributed by atoms with E-state index in [9.17, 15) is 9.90 Å². The Morgan fingerprint density at radius 2 is 1.21 bits per heavy atom. The molecule has 0 spiro atoms. The molecule has 158 valence electrons. The van der Waals surface area contributed by atoms with Crippen LogP contribution in [0.4, 0.5) is 4.79 Å². The van der Waals surface area contributed by atoms with Gasteiger partial charge in [0.25, 0.3) is 0 Å². The van der Waals surface area contributed by atoms with E-state index in [1.165, 1.54) is 11.1 Å². The van der Waals surface area contributed by atoms with Crippen molar-refractivity contribution >= 4 is 6.16 Å². The fourth-order valence-electron chi connectivity index (χ4n) is 3.76. The lowest BCUT2D eigenvalue weighted by molar-refractivity contribution is 0.0656. The third-order valence-electron chi connectivity index (χ3n) is 5.22. The smallest absolute Gasteiger partial charge is 0.450 e. The predicted molar refractivity (Wildman–Crippen MR) is 120 cm³/mol. The van der Waals surface area contributed by atoms with Crippen molar-refractivity contribution in [3.05, 3.63) is 70.3 Å². The normalized spacial score (nSPS) is 13.8. The Kier molecular flexibility index (Phi) is 6.23. The maximum absolute atomic E-state index is 11.6. The molecule has 0 bridgehead atoms. The van der Waals surface area contributed by atoms with E-state index in [4.69, 9.17) is 4.74 Å². The lowest BCUT2D eigenvalue weighted by Crippen LogP contribution is -2.27. The van der Waals surface area contributed by atoms with E-state index >= 15 is 0 Å². The van der Waals surface area contributed by atoms with Crippen LogP contribution >= 0.6 is 0 Å². The Morgan fingerprint density at radius 1 is 0.759 bits per heavy atom. The Bertz CT molecular complexity index is 860. The summed E-state index contributed by atoms with van der Waals surface area (Å²) in [5, 5.41) is 9.49. The molecule has 1 atom stereocenters. The fourth-order valence-corrected chi connectivity index (χ4v) is 3.76. The van der Waals surface area contributed by atoms with Gasteiger partial charge in [-0.15, -0.1) is 0 Å². The molecule has 29 heavy (non-hydrogen) atoms. The van der Waals surface area contributed by atoms with Gasteiger partial charge >= 0.3 is 6.16 Å². The summed E-state index contributed by atoms with van der Waals surface area (Å²) < 4.78 is 5.47. The average Bonchev–Trinajstić information content (AvgIpc) is 2.57. The van der Waals surface area contributed by atoms with Crippen molar-refractivity contribution in [2.24, 2.45) is 0 Å². The second kappa shape index (κ2) is 7.85. The predicted octanol–water partition coefficient (Wildman–Crippen LogP) is 7.36. The average molecular weight is 397 g/mol. The quantitative estimate of drug-likeness (QED) is 0.551. The van der Waals surface area contributed by atoms with E-state index < -0.39 is 12.3 Å². The minimum Gasteiger partial charge on any atom is -0.450 e. The highest BCUT2D eigenvalue weighted by atomic mass is 16.7. The van der Waals surface area contributed by atoms with Crippen LogP contribution in [0.2, 0.25) is 0 Å². The third kappa shape index (κ3) is 5.41. The molecule has 0 aliphatic carbocycles. The van der Waals surface area contributed by atoms with Gasteiger partial charge in [0.2, 0.25) is 0 Å². The molecule has 2 aromatic rings. The molecule has 3 nitrogen and oxygen atoms in total. The molecule has 0 fully saturated rings. The third-order valence-corrected chi connectivity index (χ3v) is 5.22. The van der Waals surface area contributed by atoms with Gasteiger partial charge in [-0.3, -0.25) is 0 Å². The Balaban J connectivity index is 2.91. The molecule has 0 heterocycles. The van der Waals surface area contributed by atoms with Crippen LogP contribution in [0.3, 0.4) is 0 Å². The van der Waals surface area contributed by atoms with Crippen LogP contribution in [0.5, 0.6) is 0 Å². The summed E-state index contributed by atoms with van der Waals surface area (Å²) in [7, 11) is 0. The molecule has 0 amide bonds. The molecule has 2 aromatic carbocycles. The Labute approximate surface area is 176 Å². The van der Waals surface area contributed by atoms with Crippen molar-refractivity contribution < 1.29 is 14.6 Å². The van der Waals surface area contributed by atoms with E-state index in [0.717, 1.165) is 16.7 Å². The summed E-state index contributed by atoms with van der Waals surface area (Å²) in [6.45, 7) is 19.8. The van der Waals surface area contributed by atoms with Gasteiger partial charge in [0.05, 0.1) is 0 Å². The van der Waals surface area contributed by atoms with Crippen molar-refractivity contribution in [3.63, 3.8) is 0 Å². The molecular weight excluding hydrogens is 360 g/mol. The first kappa shape index (κ1) is 23.0. The van der Waals surface area contributed by atoms with Gasteiger partial charge in [-0.1, -0.05) is 105 Å². The van der Waals surface area contributed by atoms with E-state index in [-0.39, 0.29) is 16.2 Å². The van der Waals surface area contributed by atoms with Gasteiger partial charge in [0, 0.05) is 5.56 Å². The van der Waals surface area contributed by atoms with Gasteiger partial charge in [-0.2, -0.15) is 0 Å². The van der Waals surface area contributed by atoms with Crippen molar-refractivity contribution in [1.29, 1.82) is 0 Å². The molecule has 0 radical (unpaired) electrons. The van der Waals surface area contributed by atoms with Gasteiger partial charge < -0.3 is 9.84 Å². The molecule has 1 N–H and O–H groups in total. The van der Waals surface area contributed by atoms with Gasteiger partial charge in [0.1, 0.15) is 0 Å². The number of carbonyl (C=O) groups is 1. The summed E-state index contributed by atoms with van der Waals surface area (Å²) >= 11 is 0. The SMILES string of the molecule is CC(C)(C)c1cc(C(C)(C)C)c(C(C)(C)C)cc1C(OC(=O)O)c1ccccc1. The largest absolute Gasteiger partial charge is 0.506 e. The molecule has 0 aliphatic heterocycles. The van der Waals surface area contributed by atoms with Crippen LogP contribution < -0.4 is 0 Å². The minimum atomic E-state index is -1.27. The number of hydrogen-bond donors (Lipinski definition) is 1. The molecule has 0 saturated heterocycles. The lowest BCUT2D eigenvalue weighted by Gasteiger charge is -2.35. The number of hydrogen-bond acceptors (Lipinski definition) is 2. The van der Waals surface area contributed by atoms with Gasteiger partial charge in [0.15, 0.2) is 6.10 Å². The van der Waals surface area contributed by atoms with Crippen LogP contribution in [0, 0.1) is 0 Å². The fraction of sp³-hybridized carbons (Fsp3) is 0.500. The van der Waals surface area contributed by atoms with Gasteiger partial charge in [-0.25, -0.2) is 4.79 Å². The molecule has 0 aromatic heterocycles. The van der Waals surface area contributed by atoms with Crippen LogP contribution in [0.15, 0.2) is 42.5 Å².